The van der Waals surface area contributed by atoms with E-state index in [-0.39, 0.29) is 0 Å². The third-order valence-electron chi connectivity index (χ3n) is 6.65. The van der Waals surface area contributed by atoms with Crippen LogP contribution in [0.2, 0.25) is 0 Å². The normalized spacial score (nSPS) is 11.5. The maximum absolute atomic E-state index is 3.68. The molecule has 4 rings (SSSR count). The topological polar surface area (TPSA) is 15.8 Å². The quantitative estimate of drug-likeness (QED) is 0.223. The highest BCUT2D eigenvalue weighted by atomic mass is 14.7. The van der Waals surface area contributed by atoms with Gasteiger partial charge in [0.05, 0.1) is 5.52 Å². The van der Waals surface area contributed by atoms with Crippen molar-refractivity contribution in [3.05, 3.63) is 72.3 Å². The summed E-state index contributed by atoms with van der Waals surface area (Å²) in [5.41, 5.74) is 6.68. The Kier molecular flexibility index (Phi) is 7.82. The second kappa shape index (κ2) is 11.2. The van der Waals surface area contributed by atoms with Crippen LogP contribution in [0.4, 0.5) is 0 Å². The summed E-state index contributed by atoms with van der Waals surface area (Å²) in [6.07, 6.45) is 15.0. The second-order valence-corrected chi connectivity index (χ2v) is 8.99. The molecule has 0 unspecified atom stereocenters. The molecule has 162 valence electrons. The molecule has 1 heteroatoms. The second-order valence-electron chi connectivity index (χ2n) is 8.99. The molecule has 1 heterocycles. The lowest BCUT2D eigenvalue weighted by atomic mass is 9.94. The van der Waals surface area contributed by atoms with Gasteiger partial charge in [0.25, 0.3) is 0 Å². The number of hydrogen-bond donors (Lipinski definition) is 1. The molecule has 0 radical (unpaired) electrons. The average Bonchev–Trinajstić information content (AvgIpc) is 3.19. The van der Waals surface area contributed by atoms with Crippen molar-refractivity contribution in [1.82, 2.24) is 4.98 Å². The first kappa shape index (κ1) is 21.7. The molecular formula is C30H37N. The van der Waals surface area contributed by atoms with Crippen LogP contribution in [-0.2, 0) is 6.42 Å². The minimum Gasteiger partial charge on any atom is -0.354 e. The minimum atomic E-state index is 1.17. The fraction of sp³-hybridized carbons (Fsp3) is 0.400. The number of aromatic amines is 1. The summed E-state index contributed by atoms with van der Waals surface area (Å²) < 4.78 is 0. The SMILES string of the molecule is CCCCCCCCCCCCc1ccccc1-c1cccc2c1[nH]c1ccccc12. The monoisotopic (exact) mass is 411 g/mol. The van der Waals surface area contributed by atoms with Crippen molar-refractivity contribution in [2.45, 2.75) is 77.6 Å². The third kappa shape index (κ3) is 5.39. The van der Waals surface area contributed by atoms with Gasteiger partial charge in [-0.3, -0.25) is 0 Å². The van der Waals surface area contributed by atoms with Gasteiger partial charge in [-0.25, -0.2) is 0 Å². The Morgan fingerprint density at radius 1 is 0.548 bits per heavy atom. The van der Waals surface area contributed by atoms with E-state index in [1.807, 2.05) is 0 Å². The summed E-state index contributed by atoms with van der Waals surface area (Å²) in [6, 6.07) is 24.3. The number of nitrogens with one attached hydrogen (secondary N) is 1. The molecule has 0 saturated carbocycles. The van der Waals surface area contributed by atoms with Gasteiger partial charge in [-0.2, -0.15) is 0 Å². The van der Waals surface area contributed by atoms with Crippen molar-refractivity contribution in [3.63, 3.8) is 0 Å². The van der Waals surface area contributed by atoms with Crippen LogP contribution in [-0.4, -0.2) is 4.98 Å². The van der Waals surface area contributed by atoms with E-state index in [4.69, 9.17) is 0 Å². The Morgan fingerprint density at radius 3 is 1.97 bits per heavy atom. The number of benzene rings is 3. The molecule has 0 saturated heterocycles. The molecule has 0 atom stereocenters. The molecule has 0 aliphatic heterocycles. The van der Waals surface area contributed by atoms with E-state index >= 15 is 0 Å². The van der Waals surface area contributed by atoms with Crippen molar-refractivity contribution in [1.29, 1.82) is 0 Å². The molecule has 0 aliphatic rings. The van der Waals surface area contributed by atoms with Crippen LogP contribution in [0.25, 0.3) is 32.9 Å². The highest BCUT2D eigenvalue weighted by Gasteiger charge is 2.11. The summed E-state index contributed by atoms with van der Waals surface area (Å²) in [7, 11) is 0. The van der Waals surface area contributed by atoms with Gasteiger partial charge < -0.3 is 4.98 Å². The van der Waals surface area contributed by atoms with Gasteiger partial charge in [0.2, 0.25) is 0 Å². The Morgan fingerprint density at radius 2 is 1.16 bits per heavy atom. The zero-order valence-corrected chi connectivity index (χ0v) is 19.1. The van der Waals surface area contributed by atoms with Crippen LogP contribution >= 0.6 is 0 Å². The number of aromatic nitrogens is 1. The molecule has 0 bridgehead atoms. The van der Waals surface area contributed by atoms with Gasteiger partial charge in [0.1, 0.15) is 0 Å². The van der Waals surface area contributed by atoms with Crippen LogP contribution in [0.5, 0.6) is 0 Å². The van der Waals surface area contributed by atoms with Crippen molar-refractivity contribution < 1.29 is 0 Å². The van der Waals surface area contributed by atoms with Crippen LogP contribution in [0.3, 0.4) is 0 Å². The van der Waals surface area contributed by atoms with Gasteiger partial charge in [0.15, 0.2) is 0 Å². The van der Waals surface area contributed by atoms with E-state index in [0.29, 0.717) is 0 Å². The number of fused-ring (bicyclic) bond motifs is 3. The number of H-pyrrole nitrogens is 1. The first-order valence-electron chi connectivity index (χ1n) is 12.5. The molecule has 3 aromatic carbocycles. The average molecular weight is 412 g/mol. The molecule has 0 amide bonds. The third-order valence-corrected chi connectivity index (χ3v) is 6.65. The predicted molar refractivity (Wildman–Crippen MR) is 137 cm³/mol. The molecule has 4 aromatic rings. The number of unbranched alkanes of at least 4 members (excludes halogenated alkanes) is 9. The van der Waals surface area contributed by atoms with E-state index in [0.717, 1.165) is 0 Å². The Hall–Kier alpha value is -2.54. The molecule has 1 aromatic heterocycles. The number of para-hydroxylation sites is 2. The number of aryl methyl sites for hydroxylation is 1. The van der Waals surface area contributed by atoms with E-state index < -0.39 is 0 Å². The van der Waals surface area contributed by atoms with Gasteiger partial charge in [-0.1, -0.05) is 125 Å². The van der Waals surface area contributed by atoms with Crippen molar-refractivity contribution >= 4 is 21.8 Å². The van der Waals surface area contributed by atoms with Crippen LogP contribution < -0.4 is 0 Å². The maximum atomic E-state index is 3.68. The molecule has 0 fully saturated rings. The summed E-state index contributed by atoms with van der Waals surface area (Å²) in [6.45, 7) is 2.29. The molecule has 1 N–H and O–H groups in total. The standard InChI is InChI=1S/C30H37N/c1-2-3-4-5-6-7-8-9-10-11-17-24-18-12-13-19-25(24)27-21-16-22-28-26-20-14-15-23-29(26)31-30(27)28/h12-16,18-23,31H,2-11,17H2,1H3. The fourth-order valence-electron chi connectivity index (χ4n) is 4.90. The lowest BCUT2D eigenvalue weighted by Crippen LogP contribution is -1.92. The first-order valence-corrected chi connectivity index (χ1v) is 12.5. The largest absolute Gasteiger partial charge is 0.354 e. The van der Waals surface area contributed by atoms with Crippen molar-refractivity contribution in [3.8, 4) is 11.1 Å². The van der Waals surface area contributed by atoms with Crippen LogP contribution in [0.1, 0.15) is 76.7 Å². The number of hydrogen-bond acceptors (Lipinski definition) is 0. The Labute approximate surface area is 187 Å². The smallest absolute Gasteiger partial charge is 0.0544 e. The highest BCUT2D eigenvalue weighted by Crippen LogP contribution is 2.35. The number of rotatable bonds is 12. The highest BCUT2D eigenvalue weighted by molar-refractivity contribution is 6.11. The summed E-state index contributed by atoms with van der Waals surface area (Å²) in [5, 5.41) is 2.63. The molecular weight excluding hydrogens is 374 g/mol. The Balaban J connectivity index is 1.38. The molecule has 0 aliphatic carbocycles. The van der Waals surface area contributed by atoms with E-state index in [9.17, 15) is 0 Å². The summed E-state index contributed by atoms with van der Waals surface area (Å²) >= 11 is 0. The van der Waals surface area contributed by atoms with Crippen LogP contribution in [0.15, 0.2) is 66.7 Å². The van der Waals surface area contributed by atoms with Gasteiger partial charge in [-0.05, 0) is 30.0 Å². The van der Waals surface area contributed by atoms with Crippen LogP contribution in [0, 0.1) is 0 Å². The Bertz CT molecular complexity index is 1090. The van der Waals surface area contributed by atoms with E-state index in [2.05, 4.69) is 78.6 Å². The lowest BCUT2D eigenvalue weighted by Gasteiger charge is -2.11. The fourth-order valence-corrected chi connectivity index (χ4v) is 4.90. The van der Waals surface area contributed by atoms with Gasteiger partial charge >= 0.3 is 0 Å². The zero-order valence-electron chi connectivity index (χ0n) is 19.1. The van der Waals surface area contributed by atoms with Crippen molar-refractivity contribution in [2.75, 3.05) is 0 Å². The predicted octanol–water partition coefficient (Wildman–Crippen LogP) is 9.45. The first-order chi connectivity index (χ1) is 15.4. The zero-order chi connectivity index (χ0) is 21.3. The summed E-state index contributed by atoms with van der Waals surface area (Å²) in [4.78, 5) is 3.68. The molecule has 0 spiro atoms. The molecule has 31 heavy (non-hydrogen) atoms. The minimum absolute atomic E-state index is 1.17. The lowest BCUT2D eigenvalue weighted by molar-refractivity contribution is 0.556. The summed E-state index contributed by atoms with van der Waals surface area (Å²) in [5.74, 6) is 0. The van der Waals surface area contributed by atoms with E-state index in [1.54, 1.807) is 0 Å². The van der Waals surface area contributed by atoms with E-state index in [1.165, 1.54) is 109 Å². The molecule has 1 nitrogen and oxygen atoms in total. The van der Waals surface area contributed by atoms with Gasteiger partial charge in [0, 0.05) is 21.9 Å². The van der Waals surface area contributed by atoms with Gasteiger partial charge in [-0.15, -0.1) is 0 Å². The van der Waals surface area contributed by atoms with Crippen molar-refractivity contribution in [2.24, 2.45) is 0 Å². The maximum Gasteiger partial charge on any atom is 0.0544 e.